The third kappa shape index (κ3) is 3.84. The van der Waals surface area contributed by atoms with Crippen molar-refractivity contribution in [3.05, 3.63) is 64.0 Å². The van der Waals surface area contributed by atoms with Crippen LogP contribution in [0.15, 0.2) is 57.8 Å². The molecule has 1 heterocycles. The van der Waals surface area contributed by atoms with E-state index in [-0.39, 0.29) is 21.7 Å². The first-order valence-corrected chi connectivity index (χ1v) is 9.59. The standard InChI is InChI=1S/C18H17F3N2O3S/c1-10-4-3-5-11(2)17(10)23-27(25,26)12-6-7-15-13(8-12)14(18(19,20)21)9-16(24)22-15/h3-10,17,23H,1-2H3,(H,22,24). The number of H-pyrrole nitrogens is 1. The largest absolute Gasteiger partial charge is 0.417 e. The molecule has 144 valence electrons. The van der Waals surface area contributed by atoms with Crippen LogP contribution in [-0.4, -0.2) is 19.4 Å². The van der Waals surface area contributed by atoms with Gasteiger partial charge in [0.25, 0.3) is 0 Å². The lowest BCUT2D eigenvalue weighted by Crippen LogP contribution is -2.40. The molecule has 5 nitrogen and oxygen atoms in total. The molecule has 1 aliphatic rings. The molecular weight excluding hydrogens is 381 g/mol. The number of benzene rings is 1. The van der Waals surface area contributed by atoms with Crippen molar-refractivity contribution < 1.29 is 21.6 Å². The van der Waals surface area contributed by atoms with E-state index in [1.54, 1.807) is 13.0 Å². The Kier molecular flexibility index (Phi) is 4.77. The first kappa shape index (κ1) is 19.4. The molecule has 3 rings (SSSR count). The molecule has 0 aliphatic heterocycles. The van der Waals surface area contributed by atoms with E-state index in [0.717, 1.165) is 17.7 Å². The summed E-state index contributed by atoms with van der Waals surface area (Å²) in [6.07, 6.45) is 0.657. The Balaban J connectivity index is 2.09. The molecule has 1 aromatic heterocycles. The Hall–Kier alpha value is -2.39. The number of alkyl halides is 3. The molecule has 1 aliphatic carbocycles. The average Bonchev–Trinajstić information content (AvgIpc) is 2.56. The molecule has 0 bridgehead atoms. The highest BCUT2D eigenvalue weighted by Gasteiger charge is 2.34. The number of rotatable bonds is 3. The predicted octanol–water partition coefficient (Wildman–Crippen LogP) is 3.35. The lowest BCUT2D eigenvalue weighted by molar-refractivity contribution is -0.136. The molecular formula is C18H17F3N2O3S. The Morgan fingerprint density at radius 1 is 1.19 bits per heavy atom. The minimum absolute atomic E-state index is 0.0844. The van der Waals surface area contributed by atoms with Crippen molar-refractivity contribution in [2.24, 2.45) is 5.92 Å². The molecule has 2 aromatic rings. The van der Waals surface area contributed by atoms with Crippen LogP contribution in [0, 0.1) is 5.92 Å². The van der Waals surface area contributed by atoms with Gasteiger partial charge in [-0.3, -0.25) is 4.79 Å². The summed E-state index contributed by atoms with van der Waals surface area (Å²) in [5.41, 5.74) is -1.37. The molecule has 0 saturated carbocycles. The van der Waals surface area contributed by atoms with Crippen molar-refractivity contribution >= 4 is 20.9 Å². The zero-order chi connectivity index (χ0) is 20.0. The van der Waals surface area contributed by atoms with Gasteiger partial charge < -0.3 is 4.98 Å². The van der Waals surface area contributed by atoms with Crippen LogP contribution in [-0.2, 0) is 16.2 Å². The van der Waals surface area contributed by atoms with E-state index in [0.29, 0.717) is 6.07 Å². The highest BCUT2D eigenvalue weighted by atomic mass is 32.2. The molecule has 0 spiro atoms. The quantitative estimate of drug-likeness (QED) is 0.832. The highest BCUT2D eigenvalue weighted by Crippen LogP contribution is 2.34. The molecule has 0 amide bonds. The molecule has 2 N–H and O–H groups in total. The summed E-state index contributed by atoms with van der Waals surface area (Å²) in [5.74, 6) is -0.104. The Morgan fingerprint density at radius 2 is 1.89 bits per heavy atom. The summed E-state index contributed by atoms with van der Waals surface area (Å²) in [6.45, 7) is 3.62. The zero-order valence-electron chi connectivity index (χ0n) is 14.5. The second-order valence-corrected chi connectivity index (χ2v) is 8.22. The van der Waals surface area contributed by atoms with Crippen LogP contribution in [0.3, 0.4) is 0 Å². The van der Waals surface area contributed by atoms with Crippen LogP contribution in [0.4, 0.5) is 13.2 Å². The van der Waals surface area contributed by atoms with Crippen molar-refractivity contribution in [1.29, 1.82) is 0 Å². The minimum atomic E-state index is -4.79. The highest BCUT2D eigenvalue weighted by molar-refractivity contribution is 7.89. The topological polar surface area (TPSA) is 79.0 Å². The van der Waals surface area contributed by atoms with Crippen molar-refractivity contribution in [3.63, 3.8) is 0 Å². The number of halogens is 3. The summed E-state index contributed by atoms with van der Waals surface area (Å²) < 4.78 is 67.8. The van der Waals surface area contributed by atoms with Gasteiger partial charge >= 0.3 is 6.18 Å². The second kappa shape index (κ2) is 6.65. The molecule has 27 heavy (non-hydrogen) atoms. The third-order valence-electron chi connectivity index (χ3n) is 4.50. The van der Waals surface area contributed by atoms with E-state index < -0.39 is 33.4 Å². The molecule has 0 radical (unpaired) electrons. The number of sulfonamides is 1. The van der Waals surface area contributed by atoms with Crippen LogP contribution in [0.5, 0.6) is 0 Å². The van der Waals surface area contributed by atoms with Crippen LogP contribution in [0.25, 0.3) is 10.9 Å². The number of allylic oxidation sites excluding steroid dienone is 2. The average molecular weight is 398 g/mol. The molecule has 0 saturated heterocycles. The number of hydrogen-bond donors (Lipinski definition) is 2. The van der Waals surface area contributed by atoms with Crippen molar-refractivity contribution in [3.8, 4) is 0 Å². The van der Waals surface area contributed by atoms with E-state index in [4.69, 9.17) is 0 Å². The number of hydrogen-bond acceptors (Lipinski definition) is 3. The van der Waals surface area contributed by atoms with Crippen molar-refractivity contribution in [2.45, 2.75) is 31.0 Å². The molecule has 0 fully saturated rings. The van der Waals surface area contributed by atoms with Gasteiger partial charge in [0.05, 0.1) is 10.5 Å². The first-order valence-electron chi connectivity index (χ1n) is 8.10. The second-order valence-electron chi connectivity index (χ2n) is 6.51. The fraction of sp³-hybridized carbons (Fsp3) is 0.278. The van der Waals surface area contributed by atoms with E-state index in [1.807, 2.05) is 19.1 Å². The lowest BCUT2D eigenvalue weighted by Gasteiger charge is -2.26. The smallest absolute Gasteiger partial charge is 0.322 e. The van der Waals surface area contributed by atoms with Crippen LogP contribution >= 0.6 is 0 Å². The van der Waals surface area contributed by atoms with Crippen LogP contribution in [0.2, 0.25) is 0 Å². The van der Waals surface area contributed by atoms with Gasteiger partial charge in [0.15, 0.2) is 0 Å². The fourth-order valence-electron chi connectivity index (χ4n) is 3.08. The number of aromatic amines is 1. The summed E-state index contributed by atoms with van der Waals surface area (Å²) >= 11 is 0. The summed E-state index contributed by atoms with van der Waals surface area (Å²) in [7, 11) is -4.07. The maximum atomic E-state index is 13.3. The maximum Gasteiger partial charge on any atom is 0.417 e. The summed E-state index contributed by atoms with van der Waals surface area (Å²) in [5, 5.41) is -0.381. The maximum absolute atomic E-state index is 13.3. The van der Waals surface area contributed by atoms with Gasteiger partial charge in [-0.1, -0.05) is 30.7 Å². The third-order valence-corrected chi connectivity index (χ3v) is 5.94. The van der Waals surface area contributed by atoms with Gasteiger partial charge in [-0.2, -0.15) is 13.2 Å². The fourth-order valence-corrected chi connectivity index (χ4v) is 4.47. The van der Waals surface area contributed by atoms with Gasteiger partial charge in [-0.05, 0) is 31.0 Å². The number of aromatic nitrogens is 1. The van der Waals surface area contributed by atoms with Gasteiger partial charge in [-0.15, -0.1) is 0 Å². The van der Waals surface area contributed by atoms with Crippen molar-refractivity contribution in [2.75, 3.05) is 0 Å². The predicted molar refractivity (Wildman–Crippen MR) is 95.7 cm³/mol. The van der Waals surface area contributed by atoms with Crippen LogP contribution < -0.4 is 10.3 Å². The number of fused-ring (bicyclic) bond motifs is 1. The molecule has 1 aromatic carbocycles. The van der Waals surface area contributed by atoms with Gasteiger partial charge in [0.2, 0.25) is 15.6 Å². The van der Waals surface area contributed by atoms with E-state index in [9.17, 15) is 26.4 Å². The van der Waals surface area contributed by atoms with Crippen molar-refractivity contribution in [1.82, 2.24) is 9.71 Å². The normalized spacial score (nSPS) is 20.7. The first-order chi connectivity index (χ1) is 12.5. The van der Waals surface area contributed by atoms with Crippen LogP contribution in [0.1, 0.15) is 19.4 Å². The van der Waals surface area contributed by atoms with Gasteiger partial charge in [-0.25, -0.2) is 13.1 Å². The zero-order valence-corrected chi connectivity index (χ0v) is 15.3. The van der Waals surface area contributed by atoms with E-state index in [1.165, 1.54) is 6.07 Å². The van der Waals surface area contributed by atoms with Gasteiger partial charge in [0, 0.05) is 23.0 Å². The SMILES string of the molecule is CC1=CC=CC(C)C1NS(=O)(=O)c1ccc2[nH]c(=O)cc(C(F)(F)F)c2c1. The Morgan fingerprint density at radius 3 is 2.52 bits per heavy atom. The molecule has 2 unspecified atom stereocenters. The lowest BCUT2D eigenvalue weighted by atomic mass is 9.92. The Bertz CT molecular complexity index is 1110. The van der Waals surface area contributed by atoms with Gasteiger partial charge in [0.1, 0.15) is 0 Å². The monoisotopic (exact) mass is 398 g/mol. The Labute approximate surface area is 153 Å². The minimum Gasteiger partial charge on any atom is -0.322 e. The van der Waals surface area contributed by atoms with E-state index >= 15 is 0 Å². The number of pyridine rings is 1. The molecule has 9 heteroatoms. The number of nitrogens with one attached hydrogen (secondary N) is 2. The summed E-state index contributed by atoms with van der Waals surface area (Å²) in [6, 6.07) is 3.19. The van der Waals surface area contributed by atoms with E-state index in [2.05, 4.69) is 9.71 Å². The summed E-state index contributed by atoms with van der Waals surface area (Å²) in [4.78, 5) is 13.5. The molecule has 2 atom stereocenters.